The Bertz CT molecular complexity index is 1090. The number of hydrogen-bond acceptors (Lipinski definition) is 7. The summed E-state index contributed by atoms with van der Waals surface area (Å²) in [5, 5.41) is 8.48. The van der Waals surface area contributed by atoms with E-state index in [2.05, 4.69) is 20.2 Å². The van der Waals surface area contributed by atoms with Crippen molar-refractivity contribution in [2.24, 2.45) is 0 Å². The van der Waals surface area contributed by atoms with Crippen molar-refractivity contribution < 1.29 is 8.91 Å². The van der Waals surface area contributed by atoms with Gasteiger partial charge < -0.3 is 16.0 Å². The van der Waals surface area contributed by atoms with Gasteiger partial charge in [-0.25, -0.2) is 14.4 Å². The van der Waals surface area contributed by atoms with Crippen LogP contribution in [-0.2, 0) is 6.54 Å². The minimum Gasteiger partial charge on any atom is -0.394 e. The van der Waals surface area contributed by atoms with E-state index in [1.807, 2.05) is 0 Å². The summed E-state index contributed by atoms with van der Waals surface area (Å²) in [5.41, 5.74) is 14.7. The topological polar surface area (TPSA) is 122 Å². The highest BCUT2D eigenvalue weighted by atomic mass is 35.5. The molecule has 1 aromatic carbocycles. The summed E-state index contributed by atoms with van der Waals surface area (Å²) in [6, 6.07) is 9.96. The highest BCUT2D eigenvalue weighted by molar-refractivity contribution is 5.85. The molecule has 4 N–H and O–H groups in total. The fraction of sp³-hybridized carbons (Fsp3) is 0.111. The van der Waals surface area contributed by atoms with Crippen molar-refractivity contribution in [3.05, 3.63) is 59.7 Å². The number of aryl methyl sites for hydroxylation is 1. The zero-order chi connectivity index (χ0) is 19.0. The quantitative estimate of drug-likeness (QED) is 0.538. The molecule has 3 aromatic heterocycles. The number of nitrogens with zero attached hydrogens (tertiary/aromatic N) is 5. The van der Waals surface area contributed by atoms with Crippen molar-refractivity contribution in [2.45, 2.75) is 13.5 Å². The maximum atomic E-state index is 14.1. The van der Waals surface area contributed by atoms with Crippen LogP contribution < -0.4 is 11.5 Å². The van der Waals surface area contributed by atoms with Gasteiger partial charge in [0.25, 0.3) is 0 Å². The molecule has 4 aromatic rings. The van der Waals surface area contributed by atoms with Gasteiger partial charge in [-0.1, -0.05) is 23.4 Å². The van der Waals surface area contributed by atoms with Crippen LogP contribution in [0.5, 0.6) is 0 Å². The summed E-state index contributed by atoms with van der Waals surface area (Å²) in [4.78, 5) is 8.57. The third-order valence-electron chi connectivity index (χ3n) is 4.15. The van der Waals surface area contributed by atoms with E-state index in [0.717, 1.165) is 0 Å². The Morgan fingerprint density at radius 1 is 1.11 bits per heavy atom. The Morgan fingerprint density at radius 3 is 2.57 bits per heavy atom. The predicted octanol–water partition coefficient (Wildman–Crippen LogP) is 3.08. The SMILES string of the molecule is Cc1nc(-c2cc(-c3ccon3)n(Cc3ccccc3F)n2)nc(N)c1N.Cl. The lowest BCUT2D eigenvalue weighted by molar-refractivity contribution is 0.421. The largest absolute Gasteiger partial charge is 0.394 e. The van der Waals surface area contributed by atoms with Gasteiger partial charge in [-0.15, -0.1) is 12.4 Å². The van der Waals surface area contributed by atoms with Crippen molar-refractivity contribution in [1.82, 2.24) is 24.9 Å². The van der Waals surface area contributed by atoms with Crippen LogP contribution in [-0.4, -0.2) is 24.9 Å². The molecular formula is C18H17ClFN7O. The molecule has 28 heavy (non-hydrogen) atoms. The lowest BCUT2D eigenvalue weighted by atomic mass is 10.2. The van der Waals surface area contributed by atoms with E-state index in [-0.39, 0.29) is 30.6 Å². The number of rotatable bonds is 4. The van der Waals surface area contributed by atoms with Crippen LogP contribution in [0.2, 0.25) is 0 Å². The van der Waals surface area contributed by atoms with E-state index in [9.17, 15) is 4.39 Å². The average molecular weight is 402 g/mol. The summed E-state index contributed by atoms with van der Waals surface area (Å²) in [5.74, 6) is 0.199. The lowest BCUT2D eigenvalue weighted by Crippen LogP contribution is -2.07. The summed E-state index contributed by atoms with van der Waals surface area (Å²) < 4.78 is 20.7. The molecule has 3 heterocycles. The molecule has 0 unspecified atom stereocenters. The van der Waals surface area contributed by atoms with Crippen LogP contribution in [0, 0.1) is 12.7 Å². The summed E-state index contributed by atoms with van der Waals surface area (Å²) in [6.45, 7) is 1.95. The number of benzene rings is 1. The number of aromatic nitrogens is 5. The summed E-state index contributed by atoms with van der Waals surface area (Å²) in [7, 11) is 0. The van der Waals surface area contributed by atoms with E-state index in [1.54, 1.807) is 41.9 Å². The average Bonchev–Trinajstić information content (AvgIpc) is 3.31. The second-order valence-electron chi connectivity index (χ2n) is 5.98. The fourth-order valence-electron chi connectivity index (χ4n) is 2.70. The standard InChI is InChI=1S/C18H16FN7O.ClH/c1-10-16(20)17(21)23-18(22-10)14-8-15(13-6-7-27-25-13)26(24-14)9-11-4-2-3-5-12(11)19;/h2-8H,9,20H2,1H3,(H2,21,22,23);1H. The Labute approximate surface area is 165 Å². The molecule has 0 aliphatic carbocycles. The zero-order valence-corrected chi connectivity index (χ0v) is 15.7. The van der Waals surface area contributed by atoms with Gasteiger partial charge in [-0.05, 0) is 19.1 Å². The molecule has 4 rings (SSSR count). The molecule has 0 amide bonds. The molecular weight excluding hydrogens is 385 g/mol. The van der Waals surface area contributed by atoms with Crippen LogP contribution in [0.25, 0.3) is 22.9 Å². The Balaban J connectivity index is 0.00000225. The number of anilines is 2. The van der Waals surface area contributed by atoms with Crippen LogP contribution in [0.4, 0.5) is 15.9 Å². The first-order chi connectivity index (χ1) is 13.0. The van der Waals surface area contributed by atoms with Gasteiger partial charge >= 0.3 is 0 Å². The first kappa shape index (κ1) is 19.3. The fourth-order valence-corrected chi connectivity index (χ4v) is 2.70. The van der Waals surface area contributed by atoms with E-state index in [0.29, 0.717) is 39.9 Å². The molecule has 0 saturated carbocycles. The lowest BCUT2D eigenvalue weighted by Gasteiger charge is -2.07. The number of hydrogen-bond donors (Lipinski definition) is 2. The minimum absolute atomic E-state index is 0. The normalized spacial score (nSPS) is 10.6. The monoisotopic (exact) mass is 401 g/mol. The predicted molar refractivity (Wildman–Crippen MR) is 105 cm³/mol. The molecule has 0 radical (unpaired) electrons. The number of nitrogens with two attached hydrogens (primary N) is 2. The third kappa shape index (κ3) is 3.52. The highest BCUT2D eigenvalue weighted by Gasteiger charge is 2.18. The van der Waals surface area contributed by atoms with Gasteiger partial charge in [-0.3, -0.25) is 4.68 Å². The molecule has 0 aliphatic heterocycles. The maximum Gasteiger partial charge on any atom is 0.182 e. The molecule has 0 bridgehead atoms. The van der Waals surface area contributed by atoms with Crippen molar-refractivity contribution in [1.29, 1.82) is 0 Å². The van der Waals surface area contributed by atoms with Crippen molar-refractivity contribution in [3.63, 3.8) is 0 Å². The van der Waals surface area contributed by atoms with Crippen molar-refractivity contribution in [3.8, 4) is 22.9 Å². The van der Waals surface area contributed by atoms with Crippen molar-refractivity contribution >= 4 is 23.9 Å². The van der Waals surface area contributed by atoms with Crippen LogP contribution in [0.15, 0.2) is 47.2 Å². The second-order valence-corrected chi connectivity index (χ2v) is 5.98. The molecule has 0 fully saturated rings. The van der Waals surface area contributed by atoms with Gasteiger partial charge in [0.05, 0.1) is 23.6 Å². The molecule has 8 nitrogen and oxygen atoms in total. The van der Waals surface area contributed by atoms with Gasteiger partial charge in [0, 0.05) is 11.6 Å². The Hall–Kier alpha value is -3.46. The van der Waals surface area contributed by atoms with Crippen LogP contribution in [0.3, 0.4) is 0 Å². The smallest absolute Gasteiger partial charge is 0.182 e. The van der Waals surface area contributed by atoms with Crippen LogP contribution in [0.1, 0.15) is 11.3 Å². The third-order valence-corrected chi connectivity index (χ3v) is 4.15. The van der Waals surface area contributed by atoms with Gasteiger partial charge in [0.1, 0.15) is 23.5 Å². The number of halogens is 2. The van der Waals surface area contributed by atoms with Gasteiger partial charge in [0.15, 0.2) is 11.6 Å². The maximum absolute atomic E-state index is 14.1. The highest BCUT2D eigenvalue weighted by Crippen LogP contribution is 2.26. The molecule has 0 atom stereocenters. The molecule has 0 spiro atoms. The Morgan fingerprint density at radius 2 is 1.89 bits per heavy atom. The van der Waals surface area contributed by atoms with E-state index in [4.69, 9.17) is 16.0 Å². The van der Waals surface area contributed by atoms with Gasteiger partial charge in [-0.2, -0.15) is 5.10 Å². The van der Waals surface area contributed by atoms with Gasteiger partial charge in [0.2, 0.25) is 0 Å². The van der Waals surface area contributed by atoms with Crippen molar-refractivity contribution in [2.75, 3.05) is 11.5 Å². The zero-order valence-electron chi connectivity index (χ0n) is 14.8. The molecule has 0 saturated heterocycles. The van der Waals surface area contributed by atoms with Crippen LogP contribution >= 0.6 is 12.4 Å². The summed E-state index contributed by atoms with van der Waals surface area (Å²) in [6.07, 6.45) is 1.46. The van der Waals surface area contributed by atoms with E-state index in [1.165, 1.54) is 12.3 Å². The second kappa shape index (κ2) is 7.65. The van der Waals surface area contributed by atoms with E-state index < -0.39 is 0 Å². The minimum atomic E-state index is -0.315. The number of nitrogen functional groups attached to an aromatic ring is 2. The first-order valence-electron chi connectivity index (χ1n) is 8.15. The van der Waals surface area contributed by atoms with E-state index >= 15 is 0 Å². The molecule has 0 aliphatic rings. The Kier molecular flexibility index (Phi) is 5.27. The first-order valence-corrected chi connectivity index (χ1v) is 8.15. The molecule has 10 heteroatoms. The molecule has 144 valence electrons. The summed E-state index contributed by atoms with van der Waals surface area (Å²) >= 11 is 0.